The number of halogens is 1. The normalized spacial score (nSPS) is 13.0. The smallest absolute Gasteiger partial charge is 0.136 e. The zero-order chi connectivity index (χ0) is 14.5. The molecule has 0 aliphatic rings. The Morgan fingerprint density at radius 3 is 2.70 bits per heavy atom. The Bertz CT molecular complexity index is 559. The molecule has 2 nitrogen and oxygen atoms in total. The number of aliphatic hydroxyl groups is 1. The molecule has 1 unspecified atom stereocenters. The lowest BCUT2D eigenvalue weighted by molar-refractivity contribution is 0.138. The lowest BCUT2D eigenvalue weighted by atomic mass is 10.0. The summed E-state index contributed by atoms with van der Waals surface area (Å²) < 4.78 is 18.9. The number of rotatable bonds is 7. The van der Waals surface area contributed by atoms with Crippen LogP contribution in [0.4, 0.5) is 4.39 Å². The second kappa shape index (κ2) is 6.89. The van der Waals surface area contributed by atoms with Gasteiger partial charge in [-0.15, -0.1) is 0 Å². The summed E-state index contributed by atoms with van der Waals surface area (Å²) in [4.78, 5) is 0. The van der Waals surface area contributed by atoms with Crippen LogP contribution in [0.5, 0.6) is 0 Å². The van der Waals surface area contributed by atoms with Gasteiger partial charge in [0, 0.05) is 10.9 Å². The van der Waals surface area contributed by atoms with Crippen LogP contribution in [0.3, 0.4) is 0 Å². The molecule has 1 N–H and O–H groups in total. The van der Waals surface area contributed by atoms with Crippen LogP contribution in [0.1, 0.15) is 62.9 Å². The molecular formula is C17H23FO2. The lowest BCUT2D eigenvalue weighted by Gasteiger charge is -2.08. The van der Waals surface area contributed by atoms with Gasteiger partial charge in [-0.3, -0.25) is 0 Å². The van der Waals surface area contributed by atoms with Gasteiger partial charge in [0.25, 0.3) is 0 Å². The Balaban J connectivity index is 2.02. The van der Waals surface area contributed by atoms with Gasteiger partial charge in [0.15, 0.2) is 0 Å². The SMILES string of the molecule is CCCCCCCC(O)c1oc2ccc(F)cc2c1C. The standard InChI is InChI=1S/C17H23FO2/c1-3-4-5-6-7-8-15(19)17-12(2)14-11-13(18)9-10-16(14)20-17/h9-11,15,19H,3-8H2,1-2H3. The predicted molar refractivity (Wildman–Crippen MR) is 79.2 cm³/mol. The first-order valence-corrected chi connectivity index (χ1v) is 7.50. The Morgan fingerprint density at radius 1 is 1.20 bits per heavy atom. The molecule has 20 heavy (non-hydrogen) atoms. The van der Waals surface area contributed by atoms with E-state index in [1.807, 2.05) is 6.92 Å². The lowest BCUT2D eigenvalue weighted by Crippen LogP contribution is -1.97. The molecular weight excluding hydrogens is 255 g/mol. The molecule has 1 aromatic heterocycles. The van der Waals surface area contributed by atoms with Crippen molar-refractivity contribution in [1.29, 1.82) is 0 Å². The molecule has 0 fully saturated rings. The highest BCUT2D eigenvalue weighted by molar-refractivity contribution is 5.82. The van der Waals surface area contributed by atoms with Crippen LogP contribution < -0.4 is 0 Å². The molecule has 0 spiro atoms. The third-order valence-corrected chi connectivity index (χ3v) is 3.82. The zero-order valence-corrected chi connectivity index (χ0v) is 12.3. The molecule has 1 aromatic carbocycles. The number of furan rings is 1. The van der Waals surface area contributed by atoms with Crippen LogP contribution in [0.25, 0.3) is 11.0 Å². The van der Waals surface area contributed by atoms with Crippen molar-refractivity contribution < 1.29 is 13.9 Å². The van der Waals surface area contributed by atoms with E-state index in [1.165, 1.54) is 31.4 Å². The molecule has 0 amide bonds. The van der Waals surface area contributed by atoms with Crippen LogP contribution in [0.2, 0.25) is 0 Å². The van der Waals surface area contributed by atoms with Crippen molar-refractivity contribution in [3.05, 3.63) is 35.3 Å². The highest BCUT2D eigenvalue weighted by Gasteiger charge is 2.18. The van der Waals surface area contributed by atoms with Gasteiger partial charge in [0.05, 0.1) is 0 Å². The minimum atomic E-state index is -0.591. The van der Waals surface area contributed by atoms with E-state index >= 15 is 0 Å². The molecule has 3 heteroatoms. The molecule has 0 bridgehead atoms. The number of aliphatic hydroxyl groups excluding tert-OH is 1. The van der Waals surface area contributed by atoms with Crippen molar-refractivity contribution >= 4 is 11.0 Å². The van der Waals surface area contributed by atoms with E-state index in [-0.39, 0.29) is 5.82 Å². The van der Waals surface area contributed by atoms with Crippen molar-refractivity contribution in [2.75, 3.05) is 0 Å². The summed E-state index contributed by atoms with van der Waals surface area (Å²) in [6, 6.07) is 4.47. The first kappa shape index (κ1) is 15.0. The summed E-state index contributed by atoms with van der Waals surface area (Å²) in [6.45, 7) is 4.06. The Morgan fingerprint density at radius 2 is 1.95 bits per heavy atom. The number of fused-ring (bicyclic) bond motifs is 1. The molecule has 0 saturated carbocycles. The predicted octanol–water partition coefficient (Wildman–Crippen LogP) is 5.27. The minimum Gasteiger partial charge on any atom is -0.458 e. The average molecular weight is 278 g/mol. The van der Waals surface area contributed by atoms with Gasteiger partial charge in [-0.2, -0.15) is 0 Å². The molecule has 0 radical (unpaired) electrons. The molecule has 0 aliphatic carbocycles. The Labute approximate surface area is 119 Å². The first-order chi connectivity index (χ1) is 9.63. The van der Waals surface area contributed by atoms with Gasteiger partial charge in [-0.25, -0.2) is 4.39 Å². The molecule has 0 saturated heterocycles. The van der Waals surface area contributed by atoms with Crippen LogP contribution in [0.15, 0.2) is 22.6 Å². The second-order valence-corrected chi connectivity index (χ2v) is 5.45. The Kier molecular flexibility index (Phi) is 5.18. The summed E-state index contributed by atoms with van der Waals surface area (Å²) in [7, 11) is 0. The van der Waals surface area contributed by atoms with Crippen molar-refractivity contribution in [2.45, 2.75) is 58.5 Å². The summed E-state index contributed by atoms with van der Waals surface area (Å²) in [6.07, 6.45) is 5.92. The van der Waals surface area contributed by atoms with Crippen LogP contribution in [0, 0.1) is 12.7 Å². The maximum absolute atomic E-state index is 13.2. The fourth-order valence-corrected chi connectivity index (χ4v) is 2.60. The van der Waals surface area contributed by atoms with Crippen molar-refractivity contribution in [2.24, 2.45) is 0 Å². The number of unbranched alkanes of at least 4 members (excludes halogenated alkanes) is 4. The number of aryl methyl sites for hydroxylation is 1. The number of hydrogen-bond acceptors (Lipinski definition) is 2. The van der Waals surface area contributed by atoms with Gasteiger partial charge in [0.1, 0.15) is 23.3 Å². The second-order valence-electron chi connectivity index (χ2n) is 5.45. The molecule has 2 aromatic rings. The van der Waals surface area contributed by atoms with E-state index in [2.05, 4.69) is 6.92 Å². The zero-order valence-electron chi connectivity index (χ0n) is 12.3. The highest BCUT2D eigenvalue weighted by Crippen LogP contribution is 2.32. The maximum Gasteiger partial charge on any atom is 0.136 e. The van der Waals surface area contributed by atoms with E-state index in [0.717, 1.165) is 23.8 Å². The van der Waals surface area contributed by atoms with Crippen LogP contribution in [-0.4, -0.2) is 5.11 Å². The quantitative estimate of drug-likeness (QED) is 0.699. The van der Waals surface area contributed by atoms with Gasteiger partial charge in [-0.05, 0) is 31.5 Å². The van der Waals surface area contributed by atoms with Gasteiger partial charge in [-0.1, -0.05) is 39.0 Å². The van der Waals surface area contributed by atoms with E-state index in [1.54, 1.807) is 6.07 Å². The number of benzene rings is 1. The molecule has 0 aliphatic heterocycles. The molecule has 1 heterocycles. The minimum absolute atomic E-state index is 0.276. The highest BCUT2D eigenvalue weighted by atomic mass is 19.1. The number of hydrogen-bond donors (Lipinski definition) is 1. The van der Waals surface area contributed by atoms with Crippen LogP contribution in [-0.2, 0) is 0 Å². The summed E-state index contributed by atoms with van der Waals surface area (Å²) in [5.41, 5.74) is 1.49. The maximum atomic E-state index is 13.2. The molecule has 110 valence electrons. The van der Waals surface area contributed by atoms with Gasteiger partial charge >= 0.3 is 0 Å². The first-order valence-electron chi connectivity index (χ1n) is 7.50. The van der Waals surface area contributed by atoms with E-state index in [0.29, 0.717) is 17.8 Å². The van der Waals surface area contributed by atoms with Gasteiger partial charge < -0.3 is 9.52 Å². The van der Waals surface area contributed by atoms with E-state index < -0.39 is 6.10 Å². The third-order valence-electron chi connectivity index (χ3n) is 3.82. The van der Waals surface area contributed by atoms with E-state index in [9.17, 15) is 9.50 Å². The van der Waals surface area contributed by atoms with Crippen molar-refractivity contribution in [1.82, 2.24) is 0 Å². The Hall–Kier alpha value is -1.35. The van der Waals surface area contributed by atoms with Crippen molar-refractivity contribution in [3.63, 3.8) is 0 Å². The van der Waals surface area contributed by atoms with E-state index in [4.69, 9.17) is 4.42 Å². The fraction of sp³-hybridized carbons (Fsp3) is 0.529. The van der Waals surface area contributed by atoms with Gasteiger partial charge in [0.2, 0.25) is 0 Å². The summed E-state index contributed by atoms with van der Waals surface area (Å²) in [5.74, 6) is 0.308. The third kappa shape index (κ3) is 3.40. The largest absolute Gasteiger partial charge is 0.458 e. The average Bonchev–Trinajstić information content (AvgIpc) is 2.76. The monoisotopic (exact) mass is 278 g/mol. The van der Waals surface area contributed by atoms with Crippen LogP contribution >= 0.6 is 0 Å². The fourth-order valence-electron chi connectivity index (χ4n) is 2.60. The molecule has 2 rings (SSSR count). The molecule has 1 atom stereocenters. The summed E-state index contributed by atoms with van der Waals surface area (Å²) >= 11 is 0. The topological polar surface area (TPSA) is 33.4 Å². The summed E-state index contributed by atoms with van der Waals surface area (Å²) in [5, 5.41) is 11.0. The van der Waals surface area contributed by atoms with Crippen molar-refractivity contribution in [3.8, 4) is 0 Å².